The van der Waals surface area contributed by atoms with Gasteiger partial charge in [0, 0.05) is 17.4 Å². The average molecular weight is 308 g/mol. The minimum absolute atomic E-state index is 0. The van der Waals surface area contributed by atoms with Gasteiger partial charge in [-0.15, -0.1) is 12.4 Å². The molecule has 3 rings (SSSR count). The molecule has 4 heteroatoms. The van der Waals surface area contributed by atoms with Crippen LogP contribution in [0, 0.1) is 5.92 Å². The molecule has 0 unspecified atom stereocenters. The molecule has 0 amide bonds. The molecule has 2 N–H and O–H groups in total. The molecule has 1 fully saturated rings. The van der Waals surface area contributed by atoms with Gasteiger partial charge < -0.3 is 14.9 Å². The van der Waals surface area contributed by atoms with Gasteiger partial charge in [-0.05, 0) is 43.0 Å². The van der Waals surface area contributed by atoms with Gasteiger partial charge in [-0.3, -0.25) is 0 Å². The van der Waals surface area contributed by atoms with Crippen LogP contribution in [0.3, 0.4) is 0 Å². The maximum Gasteiger partial charge on any atom is 0.134 e. The van der Waals surface area contributed by atoms with Gasteiger partial charge in [0.25, 0.3) is 0 Å². The molecule has 1 heterocycles. The summed E-state index contributed by atoms with van der Waals surface area (Å²) >= 11 is 0. The number of rotatable bonds is 6. The van der Waals surface area contributed by atoms with Gasteiger partial charge >= 0.3 is 0 Å². The van der Waals surface area contributed by atoms with Crippen LogP contribution in [0.5, 0.6) is 5.75 Å². The van der Waals surface area contributed by atoms with Crippen LogP contribution in [0.15, 0.2) is 35.3 Å². The Kier molecular flexibility index (Phi) is 4.96. The molecular formula is C17H22ClNO2. The molecule has 1 aliphatic carbocycles. The predicted octanol–water partition coefficient (Wildman–Crippen LogP) is 4.04. The minimum atomic E-state index is 0. The molecule has 1 aromatic carbocycles. The smallest absolute Gasteiger partial charge is 0.134 e. The van der Waals surface area contributed by atoms with E-state index < -0.39 is 0 Å². The zero-order chi connectivity index (χ0) is 14.1. The number of halogens is 1. The lowest BCUT2D eigenvalue weighted by Gasteiger charge is -2.11. The number of hydrogen-bond acceptors (Lipinski definition) is 3. The molecular weight excluding hydrogens is 286 g/mol. The number of aryl methyl sites for hydroxylation is 1. The van der Waals surface area contributed by atoms with E-state index in [4.69, 9.17) is 14.9 Å². The molecule has 3 nitrogen and oxygen atoms in total. The number of nitrogens with two attached hydrogens (primary N) is 1. The predicted molar refractivity (Wildman–Crippen MR) is 88.4 cm³/mol. The third-order valence-corrected chi connectivity index (χ3v) is 4.05. The highest BCUT2D eigenvalue weighted by Crippen LogP contribution is 2.52. The Bertz CT molecular complexity index is 635. The van der Waals surface area contributed by atoms with Crippen molar-refractivity contribution < 1.29 is 9.15 Å². The third kappa shape index (κ3) is 2.94. The lowest BCUT2D eigenvalue weighted by molar-refractivity contribution is 0.359. The van der Waals surface area contributed by atoms with Crippen molar-refractivity contribution >= 4 is 23.4 Å². The van der Waals surface area contributed by atoms with E-state index in [9.17, 15) is 0 Å². The largest absolute Gasteiger partial charge is 0.489 e. The van der Waals surface area contributed by atoms with Crippen LogP contribution >= 0.6 is 12.4 Å². The quantitative estimate of drug-likeness (QED) is 0.819. The highest BCUT2D eigenvalue weighted by Gasteiger charge is 2.40. The first kappa shape index (κ1) is 15.9. The Labute approximate surface area is 131 Å². The Morgan fingerprint density at radius 1 is 1.48 bits per heavy atom. The number of ether oxygens (including phenoxy) is 1. The summed E-state index contributed by atoms with van der Waals surface area (Å²) in [6.07, 6.45) is 3.82. The fraction of sp³-hybridized carbons (Fsp3) is 0.412. The Balaban J connectivity index is 0.00000161. The van der Waals surface area contributed by atoms with E-state index in [-0.39, 0.29) is 12.4 Å². The van der Waals surface area contributed by atoms with Crippen LogP contribution in [0.25, 0.3) is 11.0 Å². The van der Waals surface area contributed by atoms with Gasteiger partial charge in [0.15, 0.2) is 0 Å². The molecule has 21 heavy (non-hydrogen) atoms. The van der Waals surface area contributed by atoms with Crippen LogP contribution < -0.4 is 10.5 Å². The zero-order valence-electron chi connectivity index (χ0n) is 12.3. The lowest BCUT2D eigenvalue weighted by atomic mass is 10.0. The van der Waals surface area contributed by atoms with Gasteiger partial charge in [0.2, 0.25) is 0 Å². The van der Waals surface area contributed by atoms with Crippen molar-refractivity contribution in [2.75, 3.05) is 13.2 Å². The number of furan rings is 1. The SMILES string of the molecule is C=CCOc1ccc2oc(CC)cc2c1[C@@H]1C[C@H]1CN.Cl. The first-order valence-corrected chi connectivity index (χ1v) is 7.27. The van der Waals surface area contributed by atoms with Gasteiger partial charge in [-0.25, -0.2) is 0 Å². The standard InChI is InChI=1S/C17H21NO2.ClH/c1-3-7-19-16-6-5-15-14(9-12(4-2)20-15)17(16)13-8-11(13)10-18;/h3,5-6,9,11,13H,1,4,7-8,10,18H2,2H3;1H/t11-,13+;/m0./s1. The van der Waals surface area contributed by atoms with E-state index in [0.717, 1.165) is 36.5 Å². The fourth-order valence-corrected chi connectivity index (χ4v) is 2.86. The molecule has 0 spiro atoms. The summed E-state index contributed by atoms with van der Waals surface area (Å²) in [7, 11) is 0. The Hall–Kier alpha value is -1.45. The molecule has 2 atom stereocenters. The van der Waals surface area contributed by atoms with Crippen LogP contribution in [-0.4, -0.2) is 13.2 Å². The second-order valence-corrected chi connectivity index (χ2v) is 5.39. The molecule has 1 aliphatic rings. The molecule has 114 valence electrons. The first-order valence-electron chi connectivity index (χ1n) is 7.27. The molecule has 0 bridgehead atoms. The van der Waals surface area contributed by atoms with Gasteiger partial charge in [-0.2, -0.15) is 0 Å². The van der Waals surface area contributed by atoms with Crippen molar-refractivity contribution in [3.63, 3.8) is 0 Å². The molecule has 2 aromatic rings. The summed E-state index contributed by atoms with van der Waals surface area (Å²) in [5.74, 6) is 3.05. The highest BCUT2D eigenvalue weighted by atomic mass is 35.5. The van der Waals surface area contributed by atoms with E-state index in [0.29, 0.717) is 18.4 Å². The van der Waals surface area contributed by atoms with Crippen LogP contribution in [-0.2, 0) is 6.42 Å². The first-order chi connectivity index (χ1) is 9.78. The van der Waals surface area contributed by atoms with Crippen molar-refractivity contribution in [3.8, 4) is 5.75 Å². The van der Waals surface area contributed by atoms with Crippen molar-refractivity contribution in [2.24, 2.45) is 11.7 Å². The van der Waals surface area contributed by atoms with Crippen molar-refractivity contribution in [3.05, 3.63) is 42.2 Å². The molecule has 0 saturated heterocycles. The fourth-order valence-electron chi connectivity index (χ4n) is 2.86. The van der Waals surface area contributed by atoms with E-state index >= 15 is 0 Å². The number of fused-ring (bicyclic) bond motifs is 1. The monoisotopic (exact) mass is 307 g/mol. The maximum absolute atomic E-state index is 5.86. The molecule has 0 aliphatic heterocycles. The van der Waals surface area contributed by atoms with Crippen LogP contribution in [0.2, 0.25) is 0 Å². The zero-order valence-corrected chi connectivity index (χ0v) is 13.1. The lowest BCUT2D eigenvalue weighted by Crippen LogP contribution is -2.03. The van der Waals surface area contributed by atoms with Gasteiger partial charge in [0.1, 0.15) is 23.7 Å². The second-order valence-electron chi connectivity index (χ2n) is 5.39. The normalized spacial score (nSPS) is 20.1. The summed E-state index contributed by atoms with van der Waals surface area (Å²) < 4.78 is 11.7. The van der Waals surface area contributed by atoms with Crippen molar-refractivity contribution in [1.82, 2.24) is 0 Å². The maximum atomic E-state index is 5.86. The van der Waals surface area contributed by atoms with Crippen LogP contribution in [0.1, 0.15) is 30.6 Å². The van der Waals surface area contributed by atoms with Crippen molar-refractivity contribution in [1.29, 1.82) is 0 Å². The second kappa shape index (κ2) is 6.54. The Morgan fingerprint density at radius 2 is 2.29 bits per heavy atom. The van der Waals surface area contributed by atoms with E-state index in [1.54, 1.807) is 6.08 Å². The summed E-state index contributed by atoms with van der Waals surface area (Å²) in [4.78, 5) is 0. The topological polar surface area (TPSA) is 48.4 Å². The Morgan fingerprint density at radius 3 is 2.90 bits per heavy atom. The van der Waals surface area contributed by atoms with Gasteiger partial charge in [0.05, 0.1) is 0 Å². The summed E-state index contributed by atoms with van der Waals surface area (Å²) in [6.45, 7) is 7.08. The third-order valence-electron chi connectivity index (χ3n) is 4.05. The molecule has 1 saturated carbocycles. The molecule has 1 aromatic heterocycles. The van der Waals surface area contributed by atoms with Gasteiger partial charge in [-0.1, -0.05) is 19.6 Å². The summed E-state index contributed by atoms with van der Waals surface area (Å²) in [6, 6.07) is 6.16. The number of benzene rings is 1. The summed E-state index contributed by atoms with van der Waals surface area (Å²) in [5, 5.41) is 1.18. The van der Waals surface area contributed by atoms with E-state index in [2.05, 4.69) is 19.6 Å². The van der Waals surface area contributed by atoms with E-state index in [1.165, 1.54) is 10.9 Å². The van der Waals surface area contributed by atoms with Crippen LogP contribution in [0.4, 0.5) is 0 Å². The van der Waals surface area contributed by atoms with E-state index in [1.807, 2.05) is 12.1 Å². The average Bonchev–Trinajstić information content (AvgIpc) is 3.13. The summed E-state index contributed by atoms with van der Waals surface area (Å²) in [5.41, 5.74) is 8.02. The number of hydrogen-bond donors (Lipinski definition) is 1. The highest BCUT2D eigenvalue weighted by molar-refractivity contribution is 5.86. The minimum Gasteiger partial charge on any atom is -0.489 e. The molecule has 0 radical (unpaired) electrons. The van der Waals surface area contributed by atoms with Crippen molar-refractivity contribution in [2.45, 2.75) is 25.7 Å².